The predicted octanol–water partition coefficient (Wildman–Crippen LogP) is 3.02. The number of sulfone groups is 1. The fourth-order valence-electron chi connectivity index (χ4n) is 2.88. The molecular formula is C16H20N2O2S2. The van der Waals surface area contributed by atoms with Crippen molar-refractivity contribution in [2.45, 2.75) is 25.4 Å². The first kappa shape index (κ1) is 15.6. The van der Waals surface area contributed by atoms with Gasteiger partial charge < -0.3 is 0 Å². The Kier molecular flexibility index (Phi) is 4.32. The topological polar surface area (TPSA) is 52.0 Å². The maximum atomic E-state index is 11.5. The third-order valence-corrected chi connectivity index (χ3v) is 6.90. The number of aryl methyl sites for hydroxylation is 2. The van der Waals surface area contributed by atoms with Gasteiger partial charge in [0.15, 0.2) is 15.0 Å². The Hall–Kier alpha value is -1.27. The van der Waals surface area contributed by atoms with Crippen LogP contribution in [0.5, 0.6) is 0 Å². The molecule has 118 valence electrons. The zero-order valence-corrected chi connectivity index (χ0v) is 14.5. The van der Waals surface area contributed by atoms with E-state index in [1.807, 2.05) is 6.20 Å². The van der Waals surface area contributed by atoms with Crippen molar-refractivity contribution in [3.63, 3.8) is 0 Å². The van der Waals surface area contributed by atoms with Crippen LogP contribution in [0.2, 0.25) is 0 Å². The molecule has 1 fully saturated rings. The van der Waals surface area contributed by atoms with Gasteiger partial charge in [-0.1, -0.05) is 17.8 Å². The molecule has 1 atom stereocenters. The fraction of sp³-hybridized carbons (Fsp3) is 0.438. The molecule has 0 N–H and O–H groups in total. The number of benzene rings is 1. The molecule has 1 aromatic heterocycles. The highest BCUT2D eigenvalue weighted by molar-refractivity contribution is 7.99. The highest BCUT2D eigenvalue weighted by Gasteiger charge is 2.28. The summed E-state index contributed by atoms with van der Waals surface area (Å²) in [6.45, 7) is 4.17. The predicted molar refractivity (Wildman–Crippen MR) is 90.5 cm³/mol. The van der Waals surface area contributed by atoms with Gasteiger partial charge in [-0.3, -0.25) is 4.57 Å². The summed E-state index contributed by atoms with van der Waals surface area (Å²) in [4.78, 5) is 4.43. The maximum Gasteiger partial charge on any atom is 0.172 e. The molecule has 1 aromatic carbocycles. The van der Waals surface area contributed by atoms with Crippen molar-refractivity contribution in [2.24, 2.45) is 5.92 Å². The van der Waals surface area contributed by atoms with Crippen LogP contribution in [0.1, 0.15) is 17.5 Å². The molecule has 1 aliphatic rings. The van der Waals surface area contributed by atoms with Crippen molar-refractivity contribution in [1.82, 2.24) is 9.55 Å². The Bertz CT molecular complexity index is 761. The largest absolute Gasteiger partial charge is 0.295 e. The molecule has 2 heterocycles. The zero-order chi connectivity index (χ0) is 15.7. The normalized spacial score (nSPS) is 20.4. The lowest BCUT2D eigenvalue weighted by Gasteiger charge is -2.11. The van der Waals surface area contributed by atoms with Crippen LogP contribution in [-0.2, 0) is 9.84 Å². The van der Waals surface area contributed by atoms with Crippen molar-refractivity contribution in [1.29, 1.82) is 0 Å². The van der Waals surface area contributed by atoms with Crippen molar-refractivity contribution < 1.29 is 8.42 Å². The Balaban J connectivity index is 1.75. The van der Waals surface area contributed by atoms with Crippen LogP contribution in [0.4, 0.5) is 0 Å². The molecule has 0 radical (unpaired) electrons. The van der Waals surface area contributed by atoms with Gasteiger partial charge in [0.25, 0.3) is 0 Å². The van der Waals surface area contributed by atoms with Gasteiger partial charge in [0, 0.05) is 23.8 Å². The van der Waals surface area contributed by atoms with Gasteiger partial charge in [-0.15, -0.1) is 0 Å². The van der Waals surface area contributed by atoms with Gasteiger partial charge in [0.05, 0.1) is 11.5 Å². The van der Waals surface area contributed by atoms with Crippen LogP contribution < -0.4 is 0 Å². The molecule has 0 saturated carbocycles. The number of hydrogen-bond donors (Lipinski definition) is 0. The summed E-state index contributed by atoms with van der Waals surface area (Å²) in [6, 6.07) is 6.42. The third kappa shape index (κ3) is 3.55. The first-order valence-corrected chi connectivity index (χ1v) is 10.2. The lowest BCUT2D eigenvalue weighted by molar-refractivity contribution is 0.599. The molecule has 0 unspecified atom stereocenters. The van der Waals surface area contributed by atoms with E-state index in [2.05, 4.69) is 41.6 Å². The minimum absolute atomic E-state index is 0.249. The molecular weight excluding hydrogens is 316 g/mol. The zero-order valence-electron chi connectivity index (χ0n) is 12.8. The van der Waals surface area contributed by atoms with E-state index in [-0.39, 0.29) is 5.92 Å². The van der Waals surface area contributed by atoms with Crippen molar-refractivity contribution in [3.8, 4) is 5.69 Å². The van der Waals surface area contributed by atoms with Gasteiger partial charge in [-0.05, 0) is 49.4 Å². The summed E-state index contributed by atoms with van der Waals surface area (Å²) >= 11 is 1.65. The molecule has 3 rings (SSSR count). The van der Waals surface area contributed by atoms with E-state index in [0.29, 0.717) is 11.5 Å². The smallest absolute Gasteiger partial charge is 0.172 e. The van der Waals surface area contributed by atoms with Gasteiger partial charge in [0.1, 0.15) is 0 Å². The number of rotatable bonds is 4. The minimum Gasteiger partial charge on any atom is -0.295 e. The number of imidazole rings is 1. The lowest BCUT2D eigenvalue weighted by Crippen LogP contribution is -2.07. The number of thioether (sulfide) groups is 1. The molecule has 22 heavy (non-hydrogen) atoms. The standard InChI is InChI=1S/C16H20N2O2S2/c1-12-7-13(2)9-15(8-12)18-5-4-17-16(18)21-10-14-3-6-22(19,20)11-14/h4-5,7-9,14H,3,6,10-11H2,1-2H3/t14-/m0/s1. The Morgan fingerprint density at radius 2 is 2.00 bits per heavy atom. The van der Waals surface area contributed by atoms with Crippen LogP contribution >= 0.6 is 11.8 Å². The van der Waals surface area contributed by atoms with Crippen molar-refractivity contribution in [2.75, 3.05) is 17.3 Å². The van der Waals surface area contributed by atoms with Crippen molar-refractivity contribution >= 4 is 21.6 Å². The van der Waals surface area contributed by atoms with Gasteiger partial charge in [-0.25, -0.2) is 13.4 Å². The number of aromatic nitrogens is 2. The Labute approximate surface area is 135 Å². The third-order valence-electron chi connectivity index (χ3n) is 3.87. The SMILES string of the molecule is Cc1cc(C)cc(-n2ccnc2SC[C@@H]2CCS(=O)(=O)C2)c1. The molecule has 0 bridgehead atoms. The van der Waals surface area contributed by atoms with Crippen LogP contribution in [0.15, 0.2) is 35.7 Å². The first-order valence-electron chi connectivity index (χ1n) is 7.38. The van der Waals surface area contributed by atoms with Crippen LogP contribution in [0.25, 0.3) is 5.69 Å². The molecule has 2 aromatic rings. The van der Waals surface area contributed by atoms with E-state index < -0.39 is 9.84 Å². The Morgan fingerprint density at radius 3 is 2.64 bits per heavy atom. The van der Waals surface area contributed by atoms with Gasteiger partial charge in [-0.2, -0.15) is 0 Å². The first-order chi connectivity index (χ1) is 10.4. The van der Waals surface area contributed by atoms with E-state index in [9.17, 15) is 8.42 Å². The van der Waals surface area contributed by atoms with E-state index in [1.54, 1.807) is 18.0 Å². The number of nitrogens with zero attached hydrogens (tertiary/aromatic N) is 2. The average molecular weight is 336 g/mol. The Morgan fingerprint density at radius 1 is 1.27 bits per heavy atom. The summed E-state index contributed by atoms with van der Waals surface area (Å²) < 4.78 is 25.1. The highest BCUT2D eigenvalue weighted by Crippen LogP contribution is 2.28. The summed E-state index contributed by atoms with van der Waals surface area (Å²) in [6.07, 6.45) is 4.53. The van der Waals surface area contributed by atoms with Gasteiger partial charge >= 0.3 is 0 Å². The quantitative estimate of drug-likeness (QED) is 0.806. The maximum absolute atomic E-state index is 11.5. The van der Waals surface area contributed by atoms with E-state index in [1.165, 1.54) is 11.1 Å². The second-order valence-corrected chi connectivity index (χ2v) is 9.22. The fourth-order valence-corrected chi connectivity index (χ4v) is 6.00. The van der Waals surface area contributed by atoms with E-state index in [0.717, 1.165) is 23.0 Å². The monoisotopic (exact) mass is 336 g/mol. The summed E-state index contributed by atoms with van der Waals surface area (Å²) in [5.74, 6) is 1.72. The molecule has 4 nitrogen and oxygen atoms in total. The van der Waals surface area contributed by atoms with Gasteiger partial charge in [0.2, 0.25) is 0 Å². The van der Waals surface area contributed by atoms with Crippen LogP contribution in [-0.4, -0.2) is 35.2 Å². The summed E-state index contributed by atoms with van der Waals surface area (Å²) in [5, 5.41) is 0.925. The van der Waals surface area contributed by atoms with E-state index in [4.69, 9.17) is 0 Å². The van der Waals surface area contributed by atoms with E-state index >= 15 is 0 Å². The molecule has 1 saturated heterocycles. The number of hydrogen-bond acceptors (Lipinski definition) is 4. The molecule has 0 aliphatic carbocycles. The summed E-state index contributed by atoms with van der Waals surface area (Å²) in [7, 11) is -2.80. The van der Waals surface area contributed by atoms with Crippen LogP contribution in [0.3, 0.4) is 0 Å². The molecule has 1 aliphatic heterocycles. The minimum atomic E-state index is -2.80. The second-order valence-electron chi connectivity index (χ2n) is 6.01. The van der Waals surface area contributed by atoms with Crippen LogP contribution in [0, 0.1) is 19.8 Å². The second kappa shape index (κ2) is 6.08. The average Bonchev–Trinajstić information content (AvgIpc) is 3.01. The summed E-state index contributed by atoms with van der Waals surface area (Å²) in [5.41, 5.74) is 3.56. The van der Waals surface area contributed by atoms with Crippen molar-refractivity contribution in [3.05, 3.63) is 41.7 Å². The lowest BCUT2D eigenvalue weighted by atomic mass is 10.1. The molecule has 0 amide bonds. The molecule has 0 spiro atoms. The highest BCUT2D eigenvalue weighted by atomic mass is 32.2. The molecule has 6 heteroatoms.